The lowest BCUT2D eigenvalue weighted by Gasteiger charge is -2.37. The molecule has 1 fully saturated rings. The third-order valence-electron chi connectivity index (χ3n) is 6.37. The van der Waals surface area contributed by atoms with Gasteiger partial charge in [-0.25, -0.2) is 14.8 Å². The van der Waals surface area contributed by atoms with E-state index in [-0.39, 0.29) is 6.03 Å². The fourth-order valence-electron chi connectivity index (χ4n) is 4.05. The van der Waals surface area contributed by atoms with Crippen LogP contribution >= 0.6 is 0 Å². The maximum Gasteiger partial charge on any atom is 0.319 e. The summed E-state index contributed by atoms with van der Waals surface area (Å²) in [7, 11) is 3.62. The number of aromatic nitrogens is 2. The highest BCUT2D eigenvalue weighted by atomic mass is 16.2. The molecule has 2 aromatic rings. The van der Waals surface area contributed by atoms with Crippen molar-refractivity contribution in [1.29, 1.82) is 0 Å². The van der Waals surface area contributed by atoms with Gasteiger partial charge in [-0.3, -0.25) is 0 Å². The Hall–Kier alpha value is -2.63. The maximum atomic E-state index is 12.4. The number of carbonyl (C=O) groups is 1. The van der Waals surface area contributed by atoms with Crippen LogP contribution in [-0.2, 0) is 6.42 Å². The molecule has 0 saturated carbocycles. The lowest BCUT2D eigenvalue weighted by molar-refractivity contribution is 0.168. The average molecular weight is 424 g/mol. The quantitative estimate of drug-likeness (QED) is 0.719. The van der Waals surface area contributed by atoms with Crippen LogP contribution in [0.25, 0.3) is 0 Å². The Morgan fingerprint density at radius 1 is 1.10 bits per heavy atom. The number of anilines is 1. The number of nitrogens with zero attached hydrogens (tertiary/aromatic N) is 5. The van der Waals surface area contributed by atoms with E-state index in [0.29, 0.717) is 19.0 Å². The molecule has 6 nitrogen and oxygen atoms in total. The standard InChI is InChI=1S/C25H37N5O/c1-8-18(3)23-26-20(5)22(16-21-15-17(2)9-10-19(21)4)24(27-23)29-11-13-30(14-12-29)25(31)28(6)7/h9-10,15,18H,8,11-14,16H2,1-7H3. The zero-order chi connectivity index (χ0) is 22.7. The Morgan fingerprint density at radius 2 is 1.77 bits per heavy atom. The third-order valence-corrected chi connectivity index (χ3v) is 6.37. The molecule has 3 rings (SSSR count). The molecule has 31 heavy (non-hydrogen) atoms. The zero-order valence-corrected chi connectivity index (χ0v) is 20.2. The summed E-state index contributed by atoms with van der Waals surface area (Å²) >= 11 is 0. The van der Waals surface area contributed by atoms with E-state index in [1.54, 1.807) is 4.90 Å². The molecule has 0 bridgehead atoms. The van der Waals surface area contributed by atoms with Gasteiger partial charge in [-0.05, 0) is 38.3 Å². The fraction of sp³-hybridized carbons (Fsp3) is 0.560. The van der Waals surface area contributed by atoms with E-state index in [4.69, 9.17) is 9.97 Å². The summed E-state index contributed by atoms with van der Waals surface area (Å²) in [5.41, 5.74) is 6.16. The van der Waals surface area contributed by atoms with Crippen molar-refractivity contribution in [3.05, 3.63) is 52.0 Å². The van der Waals surface area contributed by atoms with Crippen LogP contribution in [0.1, 0.15) is 60.0 Å². The Morgan fingerprint density at radius 3 is 2.39 bits per heavy atom. The van der Waals surface area contributed by atoms with Crippen molar-refractivity contribution < 1.29 is 4.79 Å². The molecule has 2 heterocycles. The molecule has 2 amide bonds. The highest BCUT2D eigenvalue weighted by Gasteiger charge is 2.26. The summed E-state index contributed by atoms with van der Waals surface area (Å²) in [6.07, 6.45) is 1.84. The van der Waals surface area contributed by atoms with Gasteiger partial charge in [-0.1, -0.05) is 37.6 Å². The van der Waals surface area contributed by atoms with Crippen molar-refractivity contribution in [3.63, 3.8) is 0 Å². The number of piperazine rings is 1. The topological polar surface area (TPSA) is 52.6 Å². The van der Waals surface area contributed by atoms with Gasteiger partial charge in [0, 0.05) is 63.9 Å². The molecule has 0 N–H and O–H groups in total. The minimum Gasteiger partial charge on any atom is -0.353 e. The first-order chi connectivity index (χ1) is 14.7. The van der Waals surface area contributed by atoms with Crippen LogP contribution < -0.4 is 4.90 Å². The summed E-state index contributed by atoms with van der Waals surface area (Å²) in [6, 6.07) is 6.71. The largest absolute Gasteiger partial charge is 0.353 e. The molecule has 0 spiro atoms. The monoisotopic (exact) mass is 423 g/mol. The lowest BCUT2D eigenvalue weighted by Crippen LogP contribution is -2.52. The molecule has 6 heteroatoms. The number of urea groups is 1. The molecule has 1 saturated heterocycles. The average Bonchev–Trinajstić information content (AvgIpc) is 2.76. The van der Waals surface area contributed by atoms with Crippen molar-refractivity contribution in [2.45, 2.75) is 53.4 Å². The predicted molar refractivity (Wildman–Crippen MR) is 127 cm³/mol. The van der Waals surface area contributed by atoms with E-state index in [9.17, 15) is 4.79 Å². The molecule has 1 aliphatic heterocycles. The summed E-state index contributed by atoms with van der Waals surface area (Å²) in [4.78, 5) is 28.3. The summed E-state index contributed by atoms with van der Waals surface area (Å²) in [6.45, 7) is 13.8. The number of hydrogen-bond acceptors (Lipinski definition) is 4. The SMILES string of the molecule is CCC(C)c1nc(C)c(Cc2cc(C)ccc2C)c(N2CCN(C(=O)N(C)C)CC2)n1. The summed E-state index contributed by atoms with van der Waals surface area (Å²) < 4.78 is 0. The fourth-order valence-corrected chi connectivity index (χ4v) is 4.05. The van der Waals surface area contributed by atoms with Gasteiger partial charge < -0.3 is 14.7 Å². The molecule has 0 radical (unpaired) electrons. The number of amides is 2. The first-order valence-electron chi connectivity index (χ1n) is 11.4. The van der Waals surface area contributed by atoms with Gasteiger partial charge in [0.15, 0.2) is 0 Å². The number of carbonyl (C=O) groups excluding carboxylic acids is 1. The van der Waals surface area contributed by atoms with Crippen LogP contribution in [0.2, 0.25) is 0 Å². The third kappa shape index (κ3) is 5.17. The molecular weight excluding hydrogens is 386 g/mol. The lowest BCUT2D eigenvalue weighted by atomic mass is 9.97. The van der Waals surface area contributed by atoms with Crippen LogP contribution in [0.5, 0.6) is 0 Å². The zero-order valence-electron chi connectivity index (χ0n) is 20.2. The van der Waals surface area contributed by atoms with Crippen LogP contribution in [-0.4, -0.2) is 66.1 Å². The molecule has 168 valence electrons. The van der Waals surface area contributed by atoms with Gasteiger partial charge in [0.1, 0.15) is 11.6 Å². The van der Waals surface area contributed by atoms with E-state index < -0.39 is 0 Å². The van der Waals surface area contributed by atoms with E-state index in [2.05, 4.69) is 57.7 Å². The highest BCUT2D eigenvalue weighted by Crippen LogP contribution is 2.29. The molecule has 1 aromatic carbocycles. The van der Waals surface area contributed by atoms with Crippen LogP contribution in [0.4, 0.5) is 10.6 Å². The molecule has 1 aromatic heterocycles. The van der Waals surface area contributed by atoms with Gasteiger partial charge in [-0.15, -0.1) is 0 Å². The second kappa shape index (κ2) is 9.67. The van der Waals surface area contributed by atoms with Crippen molar-refractivity contribution in [2.75, 3.05) is 45.2 Å². The van der Waals surface area contributed by atoms with E-state index in [1.165, 1.54) is 22.3 Å². The molecular formula is C25H37N5O. The summed E-state index contributed by atoms with van der Waals surface area (Å²) in [5.74, 6) is 2.29. The van der Waals surface area contributed by atoms with Gasteiger partial charge in [0.25, 0.3) is 0 Å². The molecule has 1 aliphatic rings. The van der Waals surface area contributed by atoms with Crippen molar-refractivity contribution >= 4 is 11.8 Å². The Bertz CT molecular complexity index is 932. The van der Waals surface area contributed by atoms with Gasteiger partial charge in [-0.2, -0.15) is 0 Å². The second-order valence-corrected chi connectivity index (χ2v) is 9.04. The number of rotatable bonds is 5. The minimum atomic E-state index is 0.0782. The minimum absolute atomic E-state index is 0.0782. The van der Waals surface area contributed by atoms with Crippen molar-refractivity contribution in [3.8, 4) is 0 Å². The van der Waals surface area contributed by atoms with Gasteiger partial charge >= 0.3 is 6.03 Å². The van der Waals surface area contributed by atoms with Gasteiger partial charge in [0.2, 0.25) is 0 Å². The van der Waals surface area contributed by atoms with Crippen LogP contribution in [0.3, 0.4) is 0 Å². The van der Waals surface area contributed by atoms with Crippen molar-refractivity contribution in [1.82, 2.24) is 19.8 Å². The first kappa shape index (κ1) is 23.0. The maximum absolute atomic E-state index is 12.4. The molecule has 1 atom stereocenters. The summed E-state index contributed by atoms with van der Waals surface area (Å²) in [5, 5.41) is 0. The second-order valence-electron chi connectivity index (χ2n) is 9.04. The first-order valence-corrected chi connectivity index (χ1v) is 11.4. The van der Waals surface area contributed by atoms with Crippen LogP contribution in [0.15, 0.2) is 18.2 Å². The Balaban J connectivity index is 1.96. The molecule has 0 aliphatic carbocycles. The Labute approximate surface area is 187 Å². The van der Waals surface area contributed by atoms with Crippen molar-refractivity contribution in [2.24, 2.45) is 0 Å². The highest BCUT2D eigenvalue weighted by molar-refractivity contribution is 5.74. The predicted octanol–water partition coefficient (Wildman–Crippen LogP) is 4.31. The Kier molecular flexibility index (Phi) is 7.19. The van der Waals surface area contributed by atoms with E-state index in [0.717, 1.165) is 43.3 Å². The van der Waals surface area contributed by atoms with Crippen LogP contribution in [0, 0.1) is 20.8 Å². The van der Waals surface area contributed by atoms with E-state index >= 15 is 0 Å². The normalized spacial score (nSPS) is 15.2. The number of aryl methyl sites for hydroxylation is 3. The number of benzene rings is 1. The molecule has 1 unspecified atom stereocenters. The van der Waals surface area contributed by atoms with Gasteiger partial charge in [0.05, 0.1) is 0 Å². The smallest absolute Gasteiger partial charge is 0.319 e. The van der Waals surface area contributed by atoms with E-state index in [1.807, 2.05) is 19.0 Å². The number of hydrogen-bond donors (Lipinski definition) is 0.